The van der Waals surface area contributed by atoms with E-state index in [4.69, 9.17) is 0 Å². The molecule has 2 rings (SSSR count). The van der Waals surface area contributed by atoms with Crippen molar-refractivity contribution >= 4 is 21.8 Å². The highest BCUT2D eigenvalue weighted by Crippen LogP contribution is 2.28. The Morgan fingerprint density at radius 2 is 2.25 bits per heavy atom. The second kappa shape index (κ2) is 5.43. The topological polar surface area (TPSA) is 70.7 Å². The summed E-state index contributed by atoms with van der Waals surface area (Å²) in [6.45, 7) is 0.741. The molecule has 0 unspecified atom stereocenters. The van der Waals surface area contributed by atoms with E-state index in [1.54, 1.807) is 0 Å². The van der Waals surface area contributed by atoms with Crippen molar-refractivity contribution in [2.45, 2.75) is 30.5 Å². The van der Waals surface area contributed by atoms with E-state index in [0.717, 1.165) is 6.54 Å². The zero-order valence-electron chi connectivity index (χ0n) is 8.95. The molecule has 16 heavy (non-hydrogen) atoms. The Kier molecular flexibility index (Phi) is 3.93. The van der Waals surface area contributed by atoms with Crippen LogP contribution in [0, 0.1) is 5.92 Å². The zero-order valence-corrected chi connectivity index (χ0v) is 10.5. The molecule has 1 aromatic heterocycles. The highest BCUT2D eigenvalue weighted by molar-refractivity contribution is 9.09. The van der Waals surface area contributed by atoms with Gasteiger partial charge in [0.15, 0.2) is 5.69 Å². The maximum Gasteiger partial charge on any atom is 0.273 e. The first-order valence-corrected chi connectivity index (χ1v) is 6.45. The van der Waals surface area contributed by atoms with Gasteiger partial charge in [0.25, 0.3) is 5.91 Å². The summed E-state index contributed by atoms with van der Waals surface area (Å²) in [4.78, 5) is 12.2. The minimum Gasteiger partial charge on any atom is -0.350 e. The van der Waals surface area contributed by atoms with Gasteiger partial charge in [-0.05, 0) is 31.6 Å². The fourth-order valence-electron chi connectivity index (χ4n) is 1.96. The highest BCUT2D eigenvalue weighted by Gasteiger charge is 2.20. The number of amides is 1. The lowest BCUT2D eigenvalue weighted by molar-refractivity contribution is 0.0939. The fraction of sp³-hybridized carbons (Fsp3) is 0.700. The highest BCUT2D eigenvalue weighted by atomic mass is 79.9. The Balaban J connectivity index is 1.73. The zero-order chi connectivity index (χ0) is 11.4. The second-order valence-electron chi connectivity index (χ2n) is 4.18. The third-order valence-corrected chi connectivity index (χ3v) is 3.89. The van der Waals surface area contributed by atoms with Gasteiger partial charge in [0.1, 0.15) is 0 Å². The molecule has 0 aliphatic heterocycles. The monoisotopic (exact) mass is 286 g/mol. The first-order valence-electron chi connectivity index (χ1n) is 5.53. The van der Waals surface area contributed by atoms with E-state index in [-0.39, 0.29) is 5.91 Å². The first kappa shape index (κ1) is 11.6. The van der Waals surface area contributed by atoms with E-state index in [2.05, 4.69) is 36.7 Å². The second-order valence-corrected chi connectivity index (χ2v) is 5.48. The van der Waals surface area contributed by atoms with Crippen molar-refractivity contribution in [2.24, 2.45) is 5.92 Å². The quantitative estimate of drug-likeness (QED) is 0.827. The number of nitrogens with zero attached hydrogens (tertiary/aromatic N) is 2. The van der Waals surface area contributed by atoms with E-state index in [9.17, 15) is 4.79 Å². The van der Waals surface area contributed by atoms with Crippen molar-refractivity contribution < 1.29 is 4.79 Å². The molecule has 0 radical (unpaired) electrons. The maximum atomic E-state index is 11.6. The number of carbonyl (C=O) groups is 1. The molecule has 1 aliphatic carbocycles. The Morgan fingerprint density at radius 3 is 2.88 bits per heavy atom. The predicted molar refractivity (Wildman–Crippen MR) is 63.4 cm³/mol. The van der Waals surface area contributed by atoms with Crippen LogP contribution in [0.2, 0.25) is 0 Å². The van der Waals surface area contributed by atoms with Crippen LogP contribution in [0.5, 0.6) is 0 Å². The third kappa shape index (κ3) is 3.04. The van der Waals surface area contributed by atoms with Crippen LogP contribution < -0.4 is 5.32 Å². The van der Waals surface area contributed by atoms with Gasteiger partial charge in [-0.1, -0.05) is 15.9 Å². The lowest BCUT2D eigenvalue weighted by Crippen LogP contribution is -2.31. The molecule has 1 fully saturated rings. The number of hydrogen-bond acceptors (Lipinski definition) is 3. The molecule has 5 nitrogen and oxygen atoms in total. The molecule has 0 saturated heterocycles. The number of aromatic amines is 1. The normalized spacial score (nSPS) is 25.3. The molecule has 1 aromatic rings. The minimum atomic E-state index is -0.144. The number of hydrogen-bond donors (Lipinski definition) is 2. The summed E-state index contributed by atoms with van der Waals surface area (Å²) in [5.74, 6) is 0.458. The summed E-state index contributed by atoms with van der Waals surface area (Å²) in [6.07, 6.45) is 6.18. The molecular formula is C10H15BrN4O. The maximum absolute atomic E-state index is 11.6. The van der Waals surface area contributed by atoms with Gasteiger partial charge in [0.05, 0.1) is 6.20 Å². The summed E-state index contributed by atoms with van der Waals surface area (Å²) in [6, 6.07) is 0. The Hall–Kier alpha value is -0.910. The third-order valence-electron chi connectivity index (χ3n) is 2.98. The van der Waals surface area contributed by atoms with E-state index in [0.29, 0.717) is 16.4 Å². The van der Waals surface area contributed by atoms with Gasteiger partial charge in [-0.2, -0.15) is 15.4 Å². The molecule has 1 aliphatic rings. The van der Waals surface area contributed by atoms with Crippen molar-refractivity contribution in [1.29, 1.82) is 0 Å². The molecule has 0 bridgehead atoms. The molecule has 1 saturated carbocycles. The number of H-pyrrole nitrogens is 1. The van der Waals surface area contributed by atoms with Crippen molar-refractivity contribution in [1.82, 2.24) is 20.7 Å². The Labute approximate surface area is 103 Å². The molecule has 1 amide bonds. The van der Waals surface area contributed by atoms with Crippen LogP contribution in [0.1, 0.15) is 36.2 Å². The smallest absolute Gasteiger partial charge is 0.273 e. The Morgan fingerprint density at radius 1 is 1.50 bits per heavy atom. The lowest BCUT2D eigenvalue weighted by atomic mass is 9.89. The molecule has 0 spiro atoms. The molecule has 0 aromatic carbocycles. The number of nitrogens with one attached hydrogen (secondary N) is 2. The van der Waals surface area contributed by atoms with Crippen molar-refractivity contribution in [2.75, 3.05) is 6.54 Å². The van der Waals surface area contributed by atoms with Gasteiger partial charge in [-0.25, -0.2) is 0 Å². The number of alkyl halides is 1. The van der Waals surface area contributed by atoms with E-state index in [1.165, 1.54) is 31.9 Å². The summed E-state index contributed by atoms with van der Waals surface area (Å²) in [5.41, 5.74) is 0.356. The van der Waals surface area contributed by atoms with Gasteiger partial charge >= 0.3 is 0 Å². The molecule has 1 heterocycles. The van der Waals surface area contributed by atoms with Gasteiger partial charge in [-0.3, -0.25) is 4.79 Å². The van der Waals surface area contributed by atoms with E-state index in [1.807, 2.05) is 0 Å². The Bertz CT molecular complexity index is 333. The van der Waals surface area contributed by atoms with E-state index >= 15 is 0 Å². The lowest BCUT2D eigenvalue weighted by Gasteiger charge is -2.25. The fourth-order valence-corrected chi connectivity index (χ4v) is 2.49. The van der Waals surface area contributed by atoms with Gasteiger partial charge in [-0.15, -0.1) is 0 Å². The number of aromatic nitrogens is 3. The molecule has 88 valence electrons. The van der Waals surface area contributed by atoms with Crippen LogP contribution in [-0.4, -0.2) is 32.7 Å². The number of carbonyl (C=O) groups excluding carboxylic acids is 1. The average molecular weight is 287 g/mol. The first-order chi connectivity index (χ1) is 7.75. The van der Waals surface area contributed by atoms with Crippen LogP contribution in [0.3, 0.4) is 0 Å². The van der Waals surface area contributed by atoms with Gasteiger partial charge in [0.2, 0.25) is 0 Å². The van der Waals surface area contributed by atoms with Gasteiger partial charge in [0, 0.05) is 11.4 Å². The van der Waals surface area contributed by atoms with Crippen LogP contribution in [0.25, 0.3) is 0 Å². The summed E-state index contributed by atoms with van der Waals surface area (Å²) < 4.78 is 0. The summed E-state index contributed by atoms with van der Waals surface area (Å²) in [5, 5.41) is 12.7. The SMILES string of the molecule is O=C(NCC1CCC(Br)CC1)c1cn[nH]n1. The van der Waals surface area contributed by atoms with Crippen LogP contribution in [0.15, 0.2) is 6.20 Å². The van der Waals surface area contributed by atoms with Crippen molar-refractivity contribution in [3.63, 3.8) is 0 Å². The summed E-state index contributed by atoms with van der Waals surface area (Å²) in [7, 11) is 0. The van der Waals surface area contributed by atoms with Crippen molar-refractivity contribution in [3.05, 3.63) is 11.9 Å². The molecule has 0 atom stereocenters. The molecule has 2 N–H and O–H groups in total. The van der Waals surface area contributed by atoms with E-state index < -0.39 is 0 Å². The predicted octanol–water partition coefficient (Wildman–Crippen LogP) is 1.49. The van der Waals surface area contributed by atoms with Crippen LogP contribution in [0.4, 0.5) is 0 Å². The standard InChI is InChI=1S/C10H15BrN4O/c11-8-3-1-7(2-4-8)5-12-10(16)9-6-13-15-14-9/h6-8H,1-5H2,(H,12,16)(H,13,14,15). The molecule has 6 heteroatoms. The molecular weight excluding hydrogens is 272 g/mol. The van der Waals surface area contributed by atoms with Crippen molar-refractivity contribution in [3.8, 4) is 0 Å². The number of halogens is 1. The number of rotatable bonds is 3. The average Bonchev–Trinajstić information content (AvgIpc) is 2.81. The van der Waals surface area contributed by atoms with Crippen LogP contribution >= 0.6 is 15.9 Å². The van der Waals surface area contributed by atoms with Crippen LogP contribution in [-0.2, 0) is 0 Å². The minimum absolute atomic E-state index is 0.144. The summed E-state index contributed by atoms with van der Waals surface area (Å²) >= 11 is 3.62. The van der Waals surface area contributed by atoms with Gasteiger partial charge < -0.3 is 5.32 Å². The largest absolute Gasteiger partial charge is 0.350 e.